The van der Waals surface area contributed by atoms with Crippen molar-refractivity contribution in [1.29, 1.82) is 0 Å². The van der Waals surface area contributed by atoms with Crippen LogP contribution in [0.5, 0.6) is 5.75 Å². The fraction of sp³-hybridized carbons (Fsp3) is 0.476. The first-order chi connectivity index (χ1) is 15.1. The Balaban J connectivity index is 1.69. The molecular weight excluding hydrogens is 448 g/mol. The first-order valence-corrected chi connectivity index (χ1v) is 12.8. The van der Waals surface area contributed by atoms with Crippen LogP contribution in [0.4, 0.5) is 5.82 Å². The summed E-state index contributed by atoms with van der Waals surface area (Å²) >= 11 is 1.50. The van der Waals surface area contributed by atoms with Crippen molar-refractivity contribution < 1.29 is 13.2 Å². The van der Waals surface area contributed by atoms with E-state index in [4.69, 9.17) is 15.5 Å². The van der Waals surface area contributed by atoms with Gasteiger partial charge in [0.05, 0.1) is 11.4 Å². The highest BCUT2D eigenvalue weighted by molar-refractivity contribution is 7.99. The standard InChI is InChI=1S/C21H28N6O3S2/c1-5-13-10-14-6-9-30-15(14)11-16(13)31-20-26-17-18(22)23-12-24-19(17)27(20)8-7-25-32(28,29)21(2,3)4/h10-12,25H,5-9H2,1-4H3,(H2,22,23,24). The van der Waals surface area contributed by atoms with Gasteiger partial charge in [-0.1, -0.05) is 24.8 Å². The molecule has 3 aromatic rings. The second-order valence-electron chi connectivity index (χ2n) is 8.61. The molecule has 172 valence electrons. The Kier molecular flexibility index (Phi) is 6.08. The predicted molar refractivity (Wildman–Crippen MR) is 126 cm³/mol. The monoisotopic (exact) mass is 476 g/mol. The van der Waals surface area contributed by atoms with Gasteiger partial charge >= 0.3 is 0 Å². The number of nitrogens with zero attached hydrogens (tertiary/aromatic N) is 4. The zero-order valence-corrected chi connectivity index (χ0v) is 20.3. The summed E-state index contributed by atoms with van der Waals surface area (Å²) in [6.45, 7) is 8.38. The Hall–Kier alpha value is -2.37. The highest BCUT2D eigenvalue weighted by Gasteiger charge is 2.28. The number of nitrogens with two attached hydrogens (primary N) is 1. The number of aryl methyl sites for hydroxylation is 1. The third-order valence-electron chi connectivity index (χ3n) is 5.41. The number of sulfonamides is 1. The van der Waals surface area contributed by atoms with E-state index in [1.165, 1.54) is 29.2 Å². The first kappa shape index (κ1) is 22.8. The molecule has 9 nitrogen and oxygen atoms in total. The molecule has 1 aliphatic heterocycles. The summed E-state index contributed by atoms with van der Waals surface area (Å²) in [6.07, 6.45) is 3.19. The number of hydrogen-bond acceptors (Lipinski definition) is 8. The number of benzene rings is 1. The number of nitrogen functional groups attached to an aromatic ring is 1. The number of ether oxygens (including phenoxy) is 1. The molecule has 1 aliphatic rings. The average Bonchev–Trinajstić information content (AvgIpc) is 3.31. The van der Waals surface area contributed by atoms with Gasteiger partial charge in [-0.2, -0.15) is 0 Å². The lowest BCUT2D eigenvalue weighted by molar-refractivity contribution is 0.356. The number of fused-ring (bicyclic) bond motifs is 2. The van der Waals surface area contributed by atoms with Crippen LogP contribution in [0.15, 0.2) is 28.5 Å². The van der Waals surface area contributed by atoms with Gasteiger partial charge < -0.3 is 15.0 Å². The van der Waals surface area contributed by atoms with Gasteiger partial charge in [0.25, 0.3) is 0 Å². The lowest BCUT2D eigenvalue weighted by Crippen LogP contribution is -2.40. The van der Waals surface area contributed by atoms with Gasteiger partial charge in [-0.15, -0.1) is 0 Å². The molecule has 0 spiro atoms. The molecule has 4 rings (SSSR count). The maximum Gasteiger partial charge on any atom is 0.216 e. The van der Waals surface area contributed by atoms with Crippen molar-refractivity contribution in [3.8, 4) is 5.75 Å². The summed E-state index contributed by atoms with van der Waals surface area (Å²) in [7, 11) is -3.47. The molecule has 2 aromatic heterocycles. The third-order valence-corrected chi connectivity index (χ3v) is 8.70. The van der Waals surface area contributed by atoms with Crippen LogP contribution >= 0.6 is 11.8 Å². The molecule has 0 bridgehead atoms. The topological polar surface area (TPSA) is 125 Å². The molecule has 0 radical (unpaired) electrons. The second-order valence-corrected chi connectivity index (χ2v) is 12.1. The molecule has 32 heavy (non-hydrogen) atoms. The van der Waals surface area contributed by atoms with Crippen LogP contribution < -0.4 is 15.2 Å². The zero-order chi connectivity index (χ0) is 23.1. The van der Waals surface area contributed by atoms with Crippen LogP contribution in [0.25, 0.3) is 11.2 Å². The maximum absolute atomic E-state index is 12.5. The van der Waals surface area contributed by atoms with Gasteiger partial charge in [0, 0.05) is 24.4 Å². The highest BCUT2D eigenvalue weighted by Crippen LogP contribution is 2.38. The van der Waals surface area contributed by atoms with Crippen LogP contribution in [-0.2, 0) is 29.4 Å². The molecule has 1 aromatic carbocycles. The molecule has 0 fully saturated rings. The molecule has 11 heteroatoms. The lowest BCUT2D eigenvalue weighted by Gasteiger charge is -2.20. The minimum Gasteiger partial charge on any atom is -0.493 e. The van der Waals surface area contributed by atoms with Crippen LogP contribution in [0.3, 0.4) is 0 Å². The SMILES string of the molecule is CCc1cc2c(cc1Sc1nc3c(N)ncnc3n1CCNS(=O)(=O)C(C)(C)C)OCC2. The van der Waals surface area contributed by atoms with Crippen LogP contribution in [0.2, 0.25) is 0 Å². The highest BCUT2D eigenvalue weighted by atomic mass is 32.2. The minimum atomic E-state index is -3.47. The molecule has 0 saturated carbocycles. The predicted octanol–water partition coefficient (Wildman–Crippen LogP) is 2.77. The van der Waals surface area contributed by atoms with Crippen molar-refractivity contribution in [1.82, 2.24) is 24.2 Å². The summed E-state index contributed by atoms with van der Waals surface area (Å²) in [5, 5.41) is 0.676. The number of nitrogens with one attached hydrogen (secondary N) is 1. The van der Waals surface area contributed by atoms with Crippen LogP contribution in [0, 0.1) is 0 Å². The van der Waals surface area contributed by atoms with Crippen molar-refractivity contribution in [2.75, 3.05) is 18.9 Å². The van der Waals surface area contributed by atoms with Crippen LogP contribution in [-0.4, -0.2) is 45.8 Å². The van der Waals surface area contributed by atoms with Gasteiger partial charge in [-0.05, 0) is 44.4 Å². The van der Waals surface area contributed by atoms with Gasteiger partial charge in [0.1, 0.15) is 12.1 Å². The van der Waals surface area contributed by atoms with Gasteiger partial charge in [0.15, 0.2) is 22.1 Å². The Morgan fingerprint density at radius 2 is 2.06 bits per heavy atom. The summed E-state index contributed by atoms with van der Waals surface area (Å²) in [6, 6.07) is 4.26. The van der Waals surface area contributed by atoms with Gasteiger partial charge in [0.2, 0.25) is 10.0 Å². The van der Waals surface area contributed by atoms with E-state index in [1.807, 2.05) is 4.57 Å². The molecule has 0 unspecified atom stereocenters. The minimum absolute atomic E-state index is 0.205. The Labute approximate surface area is 192 Å². The lowest BCUT2D eigenvalue weighted by atomic mass is 10.1. The molecule has 3 heterocycles. The molecule has 0 atom stereocenters. The third kappa shape index (κ3) is 4.28. The first-order valence-electron chi connectivity index (χ1n) is 10.5. The van der Waals surface area contributed by atoms with Crippen molar-refractivity contribution >= 4 is 38.8 Å². The molecule has 0 amide bonds. The van der Waals surface area contributed by atoms with E-state index >= 15 is 0 Å². The van der Waals surface area contributed by atoms with E-state index in [2.05, 4.69) is 33.7 Å². The number of imidazole rings is 1. The number of anilines is 1. The summed E-state index contributed by atoms with van der Waals surface area (Å²) in [5.74, 6) is 1.20. The number of rotatable bonds is 7. The Morgan fingerprint density at radius 1 is 1.28 bits per heavy atom. The normalized spacial score (nSPS) is 14.0. The quantitative estimate of drug-likeness (QED) is 0.533. The van der Waals surface area contributed by atoms with E-state index in [1.54, 1.807) is 20.8 Å². The van der Waals surface area contributed by atoms with Crippen molar-refractivity contribution in [3.63, 3.8) is 0 Å². The summed E-state index contributed by atoms with van der Waals surface area (Å²) in [5.41, 5.74) is 9.57. The second kappa shape index (κ2) is 8.53. The average molecular weight is 477 g/mol. The van der Waals surface area contributed by atoms with Crippen molar-refractivity contribution in [2.24, 2.45) is 0 Å². The van der Waals surface area contributed by atoms with E-state index in [-0.39, 0.29) is 6.54 Å². The molecule has 0 aliphatic carbocycles. The number of aromatic nitrogens is 4. The van der Waals surface area contributed by atoms with Crippen LogP contribution in [0.1, 0.15) is 38.8 Å². The molecule has 0 saturated heterocycles. The summed E-state index contributed by atoms with van der Waals surface area (Å²) in [4.78, 5) is 14.2. The van der Waals surface area contributed by atoms with E-state index in [0.29, 0.717) is 35.3 Å². The van der Waals surface area contributed by atoms with Gasteiger partial charge in [-0.25, -0.2) is 28.1 Å². The van der Waals surface area contributed by atoms with Gasteiger partial charge in [-0.3, -0.25) is 0 Å². The largest absolute Gasteiger partial charge is 0.493 e. The Morgan fingerprint density at radius 3 is 2.78 bits per heavy atom. The Bertz CT molecular complexity index is 1260. The number of hydrogen-bond donors (Lipinski definition) is 2. The zero-order valence-electron chi connectivity index (χ0n) is 18.7. The molecular formula is C21H28N6O3S2. The summed E-state index contributed by atoms with van der Waals surface area (Å²) < 4.78 is 34.4. The van der Waals surface area contributed by atoms with E-state index in [0.717, 1.165) is 23.5 Å². The fourth-order valence-corrected chi connectivity index (χ4v) is 5.36. The molecule has 3 N–H and O–H groups in total. The van der Waals surface area contributed by atoms with E-state index < -0.39 is 14.8 Å². The van der Waals surface area contributed by atoms with Crippen molar-refractivity contribution in [3.05, 3.63) is 29.6 Å². The smallest absolute Gasteiger partial charge is 0.216 e. The van der Waals surface area contributed by atoms with E-state index in [9.17, 15) is 8.42 Å². The fourth-order valence-electron chi connectivity index (χ4n) is 3.45. The van der Waals surface area contributed by atoms with Crippen molar-refractivity contribution in [2.45, 2.75) is 61.9 Å². The maximum atomic E-state index is 12.5.